The zero-order valence-corrected chi connectivity index (χ0v) is 15.4. The highest BCUT2D eigenvalue weighted by Crippen LogP contribution is 2.37. The zero-order valence-electron chi connectivity index (χ0n) is 14.6. The van der Waals surface area contributed by atoms with Gasteiger partial charge in [0.05, 0.1) is 11.3 Å². The molecular formula is C18H20F3N3OS. The lowest BCUT2D eigenvalue weighted by molar-refractivity contribution is -0.137. The van der Waals surface area contributed by atoms with E-state index in [2.05, 4.69) is 22.1 Å². The van der Waals surface area contributed by atoms with E-state index in [1.165, 1.54) is 24.3 Å². The molecule has 1 aromatic heterocycles. The van der Waals surface area contributed by atoms with Crippen molar-refractivity contribution in [1.82, 2.24) is 9.88 Å². The number of amides is 1. The second-order valence-electron chi connectivity index (χ2n) is 6.51. The molecule has 2 aromatic rings. The third-order valence-electron chi connectivity index (χ3n) is 4.48. The number of aromatic nitrogens is 1. The van der Waals surface area contributed by atoms with E-state index in [0.717, 1.165) is 36.4 Å². The number of rotatable bonds is 4. The summed E-state index contributed by atoms with van der Waals surface area (Å²) in [5, 5.41) is 3.05. The van der Waals surface area contributed by atoms with Gasteiger partial charge >= 0.3 is 6.18 Å². The summed E-state index contributed by atoms with van der Waals surface area (Å²) in [6, 6.07) is 5.60. The minimum absolute atomic E-state index is 0.254. The Morgan fingerprint density at radius 2 is 2.19 bits per heavy atom. The van der Waals surface area contributed by atoms with Crippen molar-refractivity contribution in [3.05, 3.63) is 34.7 Å². The van der Waals surface area contributed by atoms with E-state index in [-0.39, 0.29) is 5.91 Å². The first-order valence-electron chi connectivity index (χ1n) is 8.43. The minimum atomic E-state index is -4.41. The molecule has 2 heterocycles. The fourth-order valence-electron chi connectivity index (χ4n) is 3.14. The number of alkyl halides is 3. The highest BCUT2D eigenvalue weighted by molar-refractivity contribution is 7.16. The lowest BCUT2D eigenvalue weighted by atomic mass is 10.1. The number of nitrogens with zero attached hydrogens (tertiary/aromatic N) is 2. The van der Waals surface area contributed by atoms with Crippen LogP contribution >= 0.6 is 11.3 Å². The highest BCUT2D eigenvalue weighted by atomic mass is 32.1. The molecule has 1 aromatic carbocycles. The van der Waals surface area contributed by atoms with Gasteiger partial charge in [0.15, 0.2) is 5.13 Å². The number of carbonyl (C=O) groups is 1. The minimum Gasteiger partial charge on any atom is -0.302 e. The molecule has 26 heavy (non-hydrogen) atoms. The molecule has 0 aliphatic carbocycles. The van der Waals surface area contributed by atoms with E-state index in [4.69, 9.17) is 0 Å². The largest absolute Gasteiger partial charge is 0.416 e. The molecule has 1 aliphatic heterocycles. The monoisotopic (exact) mass is 383 g/mol. The maximum absolute atomic E-state index is 13.1. The Kier molecular flexibility index (Phi) is 5.34. The Hall–Kier alpha value is -1.93. The molecule has 1 N–H and O–H groups in total. The molecular weight excluding hydrogens is 363 g/mol. The topological polar surface area (TPSA) is 45.2 Å². The van der Waals surface area contributed by atoms with E-state index in [0.29, 0.717) is 29.0 Å². The molecule has 1 saturated heterocycles. The first kappa shape index (κ1) is 18.8. The van der Waals surface area contributed by atoms with Crippen molar-refractivity contribution in [3.8, 4) is 11.3 Å². The van der Waals surface area contributed by atoms with Gasteiger partial charge in [0.1, 0.15) is 0 Å². The summed E-state index contributed by atoms with van der Waals surface area (Å²) >= 11 is 1.32. The van der Waals surface area contributed by atoms with Crippen LogP contribution in [0, 0.1) is 0 Å². The second-order valence-corrected chi connectivity index (χ2v) is 7.60. The number of likely N-dealkylation sites (tertiary alicyclic amines) is 1. The van der Waals surface area contributed by atoms with Gasteiger partial charge in [-0.25, -0.2) is 4.98 Å². The van der Waals surface area contributed by atoms with Crippen molar-refractivity contribution in [3.63, 3.8) is 0 Å². The fourth-order valence-corrected chi connectivity index (χ4v) is 4.20. The number of carbonyl (C=O) groups excluding carboxylic acids is 1. The quantitative estimate of drug-likeness (QED) is 0.827. The van der Waals surface area contributed by atoms with Gasteiger partial charge in [0, 0.05) is 30.0 Å². The summed E-state index contributed by atoms with van der Waals surface area (Å²) in [6.45, 7) is 5.10. The number of nitrogens with one attached hydrogen (secondary N) is 1. The molecule has 1 amide bonds. The van der Waals surface area contributed by atoms with Crippen LogP contribution in [-0.2, 0) is 17.5 Å². The Labute approximate surface area is 154 Å². The number of halogens is 3. The Morgan fingerprint density at radius 1 is 1.42 bits per heavy atom. The number of hydrogen-bond acceptors (Lipinski definition) is 4. The Morgan fingerprint density at radius 3 is 2.81 bits per heavy atom. The van der Waals surface area contributed by atoms with Gasteiger partial charge in [0.25, 0.3) is 0 Å². The molecule has 1 fully saturated rings. The predicted octanol–water partition coefficient (Wildman–Crippen LogP) is 4.77. The Balaban J connectivity index is 1.98. The highest BCUT2D eigenvalue weighted by Gasteiger charge is 2.31. The third kappa shape index (κ3) is 4.24. The van der Waals surface area contributed by atoms with E-state index in [9.17, 15) is 18.0 Å². The van der Waals surface area contributed by atoms with Crippen LogP contribution in [0.4, 0.5) is 18.3 Å². The van der Waals surface area contributed by atoms with E-state index < -0.39 is 11.7 Å². The van der Waals surface area contributed by atoms with Crippen LogP contribution in [0.25, 0.3) is 11.3 Å². The van der Waals surface area contributed by atoms with Crippen molar-refractivity contribution in [1.29, 1.82) is 0 Å². The smallest absolute Gasteiger partial charge is 0.302 e. The average molecular weight is 383 g/mol. The van der Waals surface area contributed by atoms with Gasteiger partial charge in [0.2, 0.25) is 5.91 Å². The van der Waals surface area contributed by atoms with E-state index in [1.807, 2.05) is 0 Å². The fraction of sp³-hybridized carbons (Fsp3) is 0.444. The molecule has 0 spiro atoms. The zero-order chi connectivity index (χ0) is 18.9. The van der Waals surface area contributed by atoms with Gasteiger partial charge in [-0.2, -0.15) is 13.2 Å². The maximum Gasteiger partial charge on any atom is 0.416 e. The first-order chi connectivity index (χ1) is 12.2. The molecule has 0 unspecified atom stereocenters. The van der Waals surface area contributed by atoms with Gasteiger partial charge in [-0.1, -0.05) is 23.5 Å². The molecule has 140 valence electrons. The van der Waals surface area contributed by atoms with Crippen molar-refractivity contribution in [2.24, 2.45) is 0 Å². The number of hydrogen-bond donors (Lipinski definition) is 1. The molecule has 1 aliphatic rings. The third-order valence-corrected chi connectivity index (χ3v) is 5.44. The summed E-state index contributed by atoms with van der Waals surface area (Å²) < 4.78 is 39.2. The number of benzene rings is 1. The molecule has 0 bridgehead atoms. The molecule has 1 atom stereocenters. The number of thiazole rings is 1. The normalized spacial score (nSPS) is 18.3. The summed E-state index contributed by atoms with van der Waals surface area (Å²) in [7, 11) is 0. The predicted molar refractivity (Wildman–Crippen MR) is 96.0 cm³/mol. The molecule has 0 radical (unpaired) electrons. The molecule has 0 saturated carbocycles. The van der Waals surface area contributed by atoms with Crippen LogP contribution < -0.4 is 5.32 Å². The van der Waals surface area contributed by atoms with Crippen LogP contribution in [0.5, 0.6) is 0 Å². The summed E-state index contributed by atoms with van der Waals surface area (Å²) in [5.74, 6) is -0.254. The molecule has 8 heteroatoms. The second kappa shape index (κ2) is 7.36. The van der Waals surface area contributed by atoms with Crippen LogP contribution in [0.1, 0.15) is 37.1 Å². The summed E-state index contributed by atoms with van der Waals surface area (Å²) in [5.41, 5.74) is 0.211. The lowest BCUT2D eigenvalue weighted by Gasteiger charge is -2.20. The SMILES string of the molecule is CC(=O)Nc1nc(-c2cccc(C(F)(F)F)c2)c(CN2CCC[C@H]2C)s1. The van der Waals surface area contributed by atoms with Crippen LogP contribution in [0.2, 0.25) is 0 Å². The van der Waals surface area contributed by atoms with Gasteiger partial charge < -0.3 is 5.32 Å². The van der Waals surface area contributed by atoms with Gasteiger partial charge in [-0.3, -0.25) is 9.69 Å². The van der Waals surface area contributed by atoms with Gasteiger partial charge in [-0.05, 0) is 38.4 Å². The van der Waals surface area contributed by atoms with E-state index >= 15 is 0 Å². The van der Waals surface area contributed by atoms with Crippen LogP contribution in [0.3, 0.4) is 0 Å². The van der Waals surface area contributed by atoms with Crippen molar-refractivity contribution >= 4 is 22.4 Å². The van der Waals surface area contributed by atoms with E-state index in [1.54, 1.807) is 6.07 Å². The molecule has 4 nitrogen and oxygen atoms in total. The van der Waals surface area contributed by atoms with Crippen LogP contribution in [-0.4, -0.2) is 28.4 Å². The molecule has 3 rings (SSSR count). The Bertz CT molecular complexity index is 803. The van der Waals surface area contributed by atoms with Crippen LogP contribution in [0.15, 0.2) is 24.3 Å². The summed E-state index contributed by atoms with van der Waals surface area (Å²) in [6.07, 6.45) is -2.19. The lowest BCUT2D eigenvalue weighted by Crippen LogP contribution is -2.25. The standard InChI is InChI=1S/C18H20F3N3OS/c1-11-5-4-8-24(11)10-15-16(23-17(26-15)22-12(2)25)13-6-3-7-14(9-13)18(19,20)21/h3,6-7,9,11H,4-5,8,10H2,1-2H3,(H,22,23,25)/t11-/m1/s1. The maximum atomic E-state index is 13.1. The first-order valence-corrected chi connectivity index (χ1v) is 9.24. The van der Waals surface area contributed by atoms with Crippen molar-refractivity contribution < 1.29 is 18.0 Å². The summed E-state index contributed by atoms with van der Waals surface area (Å²) in [4.78, 5) is 18.9. The van der Waals surface area contributed by atoms with Crippen molar-refractivity contribution in [2.75, 3.05) is 11.9 Å². The average Bonchev–Trinajstić information content (AvgIpc) is 3.13. The van der Waals surface area contributed by atoms with Gasteiger partial charge in [-0.15, -0.1) is 0 Å². The van der Waals surface area contributed by atoms with Crippen molar-refractivity contribution in [2.45, 2.75) is 45.5 Å². The number of anilines is 1.